The monoisotopic (exact) mass is 451 g/mol. The molecule has 0 saturated heterocycles. The van der Waals surface area contributed by atoms with Gasteiger partial charge in [0.15, 0.2) is 0 Å². The molecule has 7 nitrogen and oxygen atoms in total. The van der Waals surface area contributed by atoms with E-state index in [9.17, 15) is 19.7 Å². The number of hydrogen-bond donors (Lipinski definition) is 0. The van der Waals surface area contributed by atoms with Gasteiger partial charge in [-0.3, -0.25) is 29.6 Å². The van der Waals surface area contributed by atoms with E-state index >= 15 is 0 Å². The van der Waals surface area contributed by atoms with Crippen molar-refractivity contribution in [2.24, 2.45) is 0 Å². The van der Waals surface area contributed by atoms with Crippen molar-refractivity contribution >= 4 is 46.4 Å². The van der Waals surface area contributed by atoms with Gasteiger partial charge >= 0.3 is 0 Å². The Morgan fingerprint density at radius 3 is 2.19 bits per heavy atom. The first-order chi connectivity index (χ1) is 14.9. The number of halogens is 1. The molecule has 0 atom stereocenters. The minimum absolute atomic E-state index is 0.0957. The number of carbonyl (C=O) groups is 2. The Bertz CT molecular complexity index is 1200. The minimum Gasteiger partial charge on any atom is -0.269 e. The Hall–Kier alpha value is -3.49. The fourth-order valence-electron chi connectivity index (χ4n) is 3.09. The summed E-state index contributed by atoms with van der Waals surface area (Å²) in [5, 5.41) is 11.5. The van der Waals surface area contributed by atoms with Crippen molar-refractivity contribution < 1.29 is 14.5 Å². The quantitative estimate of drug-likeness (QED) is 0.306. The van der Waals surface area contributed by atoms with Crippen molar-refractivity contribution in [3.8, 4) is 0 Å². The number of imide groups is 1. The molecule has 2 heterocycles. The lowest BCUT2D eigenvalue weighted by atomic mass is 10.1. The maximum atomic E-state index is 13.3. The van der Waals surface area contributed by atoms with Crippen molar-refractivity contribution in [3.63, 3.8) is 0 Å². The number of nitrogens with zero attached hydrogens (tertiary/aromatic N) is 3. The van der Waals surface area contributed by atoms with E-state index in [2.05, 4.69) is 4.98 Å². The normalized spacial score (nSPS) is 13.8. The molecule has 0 fully saturated rings. The topological polar surface area (TPSA) is 93.4 Å². The number of nitro groups is 1. The van der Waals surface area contributed by atoms with Crippen LogP contribution in [-0.2, 0) is 16.1 Å². The zero-order chi connectivity index (χ0) is 22.0. The van der Waals surface area contributed by atoms with Gasteiger partial charge < -0.3 is 0 Å². The summed E-state index contributed by atoms with van der Waals surface area (Å²) in [4.78, 5) is 43.1. The molecule has 4 rings (SSSR count). The smallest absolute Gasteiger partial charge is 0.269 e. The highest BCUT2D eigenvalue weighted by atomic mass is 35.5. The molecule has 2 amide bonds. The fraction of sp³-hybridized carbons (Fsp3) is 0.0455. The largest absolute Gasteiger partial charge is 0.269 e. The maximum absolute atomic E-state index is 13.3. The molecule has 0 spiro atoms. The average Bonchev–Trinajstić information content (AvgIpc) is 3.00. The van der Waals surface area contributed by atoms with Gasteiger partial charge in [-0.25, -0.2) is 0 Å². The van der Waals surface area contributed by atoms with E-state index in [1.807, 2.05) is 0 Å². The van der Waals surface area contributed by atoms with Crippen molar-refractivity contribution in [1.29, 1.82) is 0 Å². The average molecular weight is 452 g/mol. The second-order valence-electron chi connectivity index (χ2n) is 6.62. The van der Waals surface area contributed by atoms with Crippen molar-refractivity contribution in [2.75, 3.05) is 0 Å². The Balaban J connectivity index is 1.74. The summed E-state index contributed by atoms with van der Waals surface area (Å²) in [6, 6.07) is 16.0. The molecule has 31 heavy (non-hydrogen) atoms. The highest BCUT2D eigenvalue weighted by molar-refractivity contribution is 8.04. The Kier molecular flexibility index (Phi) is 5.83. The first-order valence-electron chi connectivity index (χ1n) is 9.11. The van der Waals surface area contributed by atoms with Crippen LogP contribution in [0.4, 0.5) is 5.69 Å². The van der Waals surface area contributed by atoms with Crippen LogP contribution in [-0.4, -0.2) is 26.6 Å². The molecule has 0 aliphatic carbocycles. The zero-order valence-corrected chi connectivity index (χ0v) is 17.5. The van der Waals surface area contributed by atoms with Crippen LogP contribution < -0.4 is 0 Å². The lowest BCUT2D eigenvalue weighted by Crippen LogP contribution is -2.30. The molecule has 2 aromatic carbocycles. The zero-order valence-electron chi connectivity index (χ0n) is 15.9. The molecule has 1 aliphatic heterocycles. The van der Waals surface area contributed by atoms with E-state index in [1.54, 1.807) is 48.8 Å². The molecule has 3 aromatic rings. The SMILES string of the molecule is O=C1C(Sc2ccc(Cl)cc2)=C(c2ccc([N+](=O)[O-])cc2)C(=O)N1Cc1ccncc1. The van der Waals surface area contributed by atoms with E-state index in [-0.39, 0.29) is 22.7 Å². The van der Waals surface area contributed by atoms with Gasteiger partial charge in [-0.05, 0) is 59.7 Å². The van der Waals surface area contributed by atoms with E-state index in [1.165, 1.54) is 29.2 Å². The van der Waals surface area contributed by atoms with Crippen LogP contribution in [0.1, 0.15) is 11.1 Å². The number of rotatable bonds is 6. The van der Waals surface area contributed by atoms with Crippen molar-refractivity contribution in [3.05, 3.63) is 104 Å². The first-order valence-corrected chi connectivity index (χ1v) is 10.3. The van der Waals surface area contributed by atoms with Crippen LogP contribution in [0.3, 0.4) is 0 Å². The van der Waals surface area contributed by atoms with Crippen molar-refractivity contribution in [1.82, 2.24) is 9.88 Å². The predicted molar refractivity (Wildman–Crippen MR) is 117 cm³/mol. The standard InChI is InChI=1S/C22H14ClN3O4S/c23-16-3-7-18(8-4-16)31-20-19(15-1-5-17(6-2-15)26(29)30)21(27)25(22(20)28)13-14-9-11-24-12-10-14/h1-12H,13H2. The number of hydrogen-bond acceptors (Lipinski definition) is 6. The van der Waals surface area contributed by atoms with Gasteiger partial charge in [0.25, 0.3) is 17.5 Å². The number of thioether (sulfide) groups is 1. The number of aromatic nitrogens is 1. The number of nitro benzene ring substituents is 1. The molecular weight excluding hydrogens is 438 g/mol. The third-order valence-corrected chi connectivity index (χ3v) is 5.96. The van der Waals surface area contributed by atoms with Crippen molar-refractivity contribution in [2.45, 2.75) is 11.4 Å². The van der Waals surface area contributed by atoms with E-state index in [4.69, 9.17) is 11.6 Å². The van der Waals surface area contributed by atoms with E-state index in [0.717, 1.165) is 22.2 Å². The molecule has 0 bridgehead atoms. The second kappa shape index (κ2) is 8.71. The van der Waals surface area contributed by atoms with Crippen LogP contribution in [0.2, 0.25) is 5.02 Å². The maximum Gasteiger partial charge on any atom is 0.269 e. The summed E-state index contributed by atoms with van der Waals surface area (Å²) in [5.41, 5.74) is 1.32. The molecule has 0 radical (unpaired) electrons. The lowest BCUT2D eigenvalue weighted by Gasteiger charge is -2.15. The van der Waals surface area contributed by atoms with Gasteiger partial charge in [0.05, 0.1) is 21.9 Å². The number of amides is 2. The molecule has 0 N–H and O–H groups in total. The summed E-state index contributed by atoms with van der Waals surface area (Å²) in [5.74, 6) is -0.873. The van der Waals surface area contributed by atoms with Crippen LogP contribution in [0.15, 0.2) is 82.9 Å². The summed E-state index contributed by atoms with van der Waals surface area (Å²) in [6.07, 6.45) is 3.18. The number of non-ortho nitro benzene ring substituents is 1. The fourth-order valence-corrected chi connectivity index (χ4v) is 4.23. The molecule has 1 aromatic heterocycles. The highest BCUT2D eigenvalue weighted by Gasteiger charge is 2.39. The minimum atomic E-state index is -0.515. The van der Waals surface area contributed by atoms with Crippen LogP contribution in [0, 0.1) is 10.1 Å². The van der Waals surface area contributed by atoms with Gasteiger partial charge in [0, 0.05) is 34.4 Å². The molecule has 1 aliphatic rings. The predicted octanol–water partition coefficient (Wildman–Crippen LogP) is 4.72. The number of pyridine rings is 1. The highest BCUT2D eigenvalue weighted by Crippen LogP contribution is 2.40. The number of benzene rings is 2. The Morgan fingerprint density at radius 1 is 0.935 bits per heavy atom. The Morgan fingerprint density at radius 2 is 1.58 bits per heavy atom. The lowest BCUT2D eigenvalue weighted by molar-refractivity contribution is -0.384. The number of carbonyl (C=O) groups excluding carboxylic acids is 2. The van der Waals surface area contributed by atoms with E-state index in [0.29, 0.717) is 10.6 Å². The molecule has 9 heteroatoms. The van der Waals surface area contributed by atoms with E-state index < -0.39 is 16.7 Å². The van der Waals surface area contributed by atoms with Crippen LogP contribution in [0.5, 0.6) is 0 Å². The molecule has 0 saturated carbocycles. The molecule has 0 unspecified atom stereocenters. The van der Waals surface area contributed by atoms with Gasteiger partial charge in [0.2, 0.25) is 0 Å². The van der Waals surface area contributed by atoms with Gasteiger partial charge in [-0.1, -0.05) is 23.4 Å². The van der Waals surface area contributed by atoms with Gasteiger partial charge in [-0.15, -0.1) is 0 Å². The summed E-state index contributed by atoms with van der Waals surface area (Å²) in [6.45, 7) is 0.0986. The molecule has 154 valence electrons. The second-order valence-corrected chi connectivity index (χ2v) is 8.14. The van der Waals surface area contributed by atoms with Gasteiger partial charge in [0.1, 0.15) is 0 Å². The van der Waals surface area contributed by atoms with Crippen LogP contribution >= 0.6 is 23.4 Å². The third-order valence-electron chi connectivity index (χ3n) is 4.62. The van der Waals surface area contributed by atoms with Gasteiger partial charge in [-0.2, -0.15) is 0 Å². The first kappa shape index (κ1) is 20.8. The summed E-state index contributed by atoms with van der Waals surface area (Å²) in [7, 11) is 0. The Labute approximate surface area is 186 Å². The third kappa shape index (κ3) is 4.35. The summed E-state index contributed by atoms with van der Waals surface area (Å²) >= 11 is 7.11. The molecular formula is C22H14ClN3O4S. The summed E-state index contributed by atoms with van der Waals surface area (Å²) < 4.78 is 0. The van der Waals surface area contributed by atoms with Crippen LogP contribution in [0.25, 0.3) is 5.57 Å².